The first-order chi connectivity index (χ1) is 15.1. The molecule has 1 aromatic carbocycles. The van der Waals surface area contributed by atoms with Crippen molar-refractivity contribution in [2.24, 2.45) is 23.7 Å². The second kappa shape index (κ2) is 8.35. The summed E-state index contributed by atoms with van der Waals surface area (Å²) in [5.74, 6) is -2.81. The molecular formula is C25H29NO5S. The number of carboxylic acid groups (broad SMARTS) is 1. The number of hydrogen-bond donors (Lipinski definition) is 2. The van der Waals surface area contributed by atoms with Crippen LogP contribution in [0.15, 0.2) is 29.6 Å². The fraction of sp³-hybridized carbons (Fsp3) is 0.480. The van der Waals surface area contributed by atoms with E-state index < -0.39 is 23.8 Å². The van der Waals surface area contributed by atoms with Gasteiger partial charge in [0, 0.05) is 10.9 Å². The minimum absolute atomic E-state index is 0.0127. The lowest BCUT2D eigenvalue weighted by Gasteiger charge is -2.26. The normalized spacial score (nSPS) is 24.4. The molecule has 0 aliphatic heterocycles. The number of carbonyl (C=O) groups excluding carboxylic acids is 2. The minimum Gasteiger partial charge on any atom is -0.481 e. The molecule has 4 atom stereocenters. The van der Waals surface area contributed by atoms with Gasteiger partial charge in [-0.15, -0.1) is 11.3 Å². The van der Waals surface area contributed by atoms with Crippen molar-refractivity contribution >= 4 is 34.2 Å². The predicted octanol–water partition coefficient (Wildman–Crippen LogP) is 5.18. The highest BCUT2D eigenvalue weighted by atomic mass is 32.1. The number of methoxy groups -OCH3 is 1. The summed E-state index contributed by atoms with van der Waals surface area (Å²) in [6.45, 7) is 6.42. The third-order valence-corrected chi connectivity index (χ3v) is 7.88. The van der Waals surface area contributed by atoms with Gasteiger partial charge in [-0.2, -0.15) is 0 Å². The van der Waals surface area contributed by atoms with Gasteiger partial charge in [-0.3, -0.25) is 9.59 Å². The molecule has 2 bridgehead atoms. The number of benzene rings is 1. The molecule has 0 unspecified atom stereocenters. The summed E-state index contributed by atoms with van der Waals surface area (Å²) in [5.41, 5.74) is 3.06. The second-order valence-corrected chi connectivity index (χ2v) is 10.8. The van der Waals surface area contributed by atoms with E-state index in [9.17, 15) is 19.5 Å². The van der Waals surface area contributed by atoms with Gasteiger partial charge >= 0.3 is 11.9 Å². The fourth-order valence-corrected chi connectivity index (χ4v) is 6.30. The van der Waals surface area contributed by atoms with Gasteiger partial charge in [0.1, 0.15) is 10.6 Å². The lowest BCUT2D eigenvalue weighted by Crippen LogP contribution is -2.37. The van der Waals surface area contributed by atoms with Crippen LogP contribution in [0.1, 0.15) is 56.0 Å². The number of esters is 1. The highest BCUT2D eigenvalue weighted by Gasteiger charge is 2.54. The molecule has 2 aliphatic rings. The lowest BCUT2D eigenvalue weighted by atomic mass is 9.78. The van der Waals surface area contributed by atoms with Crippen LogP contribution in [-0.4, -0.2) is 30.1 Å². The largest absolute Gasteiger partial charge is 0.481 e. The van der Waals surface area contributed by atoms with Gasteiger partial charge in [-0.05, 0) is 47.6 Å². The fourth-order valence-electron chi connectivity index (χ4n) is 5.34. The van der Waals surface area contributed by atoms with Crippen LogP contribution in [0, 0.1) is 23.7 Å². The molecule has 0 spiro atoms. The van der Waals surface area contributed by atoms with E-state index in [0.29, 0.717) is 16.1 Å². The van der Waals surface area contributed by atoms with E-state index in [-0.39, 0.29) is 23.2 Å². The zero-order valence-corrected chi connectivity index (χ0v) is 19.6. The average molecular weight is 456 g/mol. The molecule has 2 saturated carbocycles. The molecule has 1 heterocycles. The molecule has 1 aromatic heterocycles. The van der Waals surface area contributed by atoms with Crippen LogP contribution in [0.25, 0.3) is 11.1 Å². The number of amides is 1. The smallest absolute Gasteiger partial charge is 0.341 e. The number of ether oxygens (including phenoxy) is 1. The van der Waals surface area contributed by atoms with Gasteiger partial charge in [0.25, 0.3) is 0 Å². The Bertz CT molecular complexity index is 1050. The van der Waals surface area contributed by atoms with E-state index in [1.54, 1.807) is 0 Å². The Labute approximate surface area is 192 Å². The number of thiophene rings is 1. The maximum absolute atomic E-state index is 13.2. The predicted molar refractivity (Wildman–Crippen MR) is 124 cm³/mol. The van der Waals surface area contributed by atoms with Crippen LogP contribution >= 0.6 is 11.3 Å². The Balaban J connectivity index is 1.64. The van der Waals surface area contributed by atoms with E-state index in [0.717, 1.165) is 24.8 Å². The molecule has 2 aliphatic carbocycles. The zero-order chi connectivity index (χ0) is 23.2. The lowest BCUT2D eigenvalue weighted by molar-refractivity contribution is -0.148. The standard InChI is InChI=1S/C25H29NO5S/c1-25(2,3)16-9-7-13(8-10-16)17-12-32-22(20(17)24(30)31-4)26-21(27)18-14-5-6-15(11-14)19(18)23(28)29/h7-10,12,14-15,18-19H,5-6,11H2,1-4H3,(H,26,27)(H,28,29)/t14-,15-,18-,19-/m0/s1. The number of anilines is 1. The van der Waals surface area contributed by atoms with Crippen molar-refractivity contribution in [3.05, 3.63) is 40.8 Å². The third kappa shape index (κ3) is 3.94. The van der Waals surface area contributed by atoms with Crippen molar-refractivity contribution in [1.29, 1.82) is 0 Å². The number of rotatable bonds is 5. The first-order valence-corrected chi connectivity index (χ1v) is 11.8. The minimum atomic E-state index is -0.906. The van der Waals surface area contributed by atoms with Crippen molar-refractivity contribution in [3.63, 3.8) is 0 Å². The van der Waals surface area contributed by atoms with Crippen LogP contribution < -0.4 is 5.32 Å². The number of carbonyl (C=O) groups is 3. The van der Waals surface area contributed by atoms with Gasteiger partial charge in [0.05, 0.1) is 18.9 Å². The molecule has 170 valence electrons. The van der Waals surface area contributed by atoms with Gasteiger partial charge < -0.3 is 15.2 Å². The summed E-state index contributed by atoms with van der Waals surface area (Å²) >= 11 is 1.26. The van der Waals surface area contributed by atoms with Gasteiger partial charge in [-0.25, -0.2) is 4.79 Å². The zero-order valence-electron chi connectivity index (χ0n) is 18.8. The summed E-state index contributed by atoms with van der Waals surface area (Å²) in [6.07, 6.45) is 2.54. The summed E-state index contributed by atoms with van der Waals surface area (Å²) in [6, 6.07) is 8.02. The number of nitrogens with one attached hydrogen (secondary N) is 1. The topological polar surface area (TPSA) is 92.7 Å². The highest BCUT2D eigenvalue weighted by Crippen LogP contribution is 2.53. The first kappa shape index (κ1) is 22.5. The van der Waals surface area contributed by atoms with Crippen molar-refractivity contribution < 1.29 is 24.2 Å². The van der Waals surface area contributed by atoms with Gasteiger partial charge in [0.2, 0.25) is 5.91 Å². The summed E-state index contributed by atoms with van der Waals surface area (Å²) in [4.78, 5) is 37.6. The van der Waals surface area contributed by atoms with Crippen LogP contribution in [0.2, 0.25) is 0 Å². The maximum Gasteiger partial charge on any atom is 0.341 e. The van der Waals surface area contributed by atoms with Crippen molar-refractivity contribution in [3.8, 4) is 11.1 Å². The Kier molecular flexibility index (Phi) is 5.88. The van der Waals surface area contributed by atoms with Gasteiger partial charge in [0.15, 0.2) is 0 Å². The van der Waals surface area contributed by atoms with Gasteiger partial charge in [-0.1, -0.05) is 45.0 Å². The van der Waals surface area contributed by atoms with Crippen molar-refractivity contribution in [1.82, 2.24) is 0 Å². The molecule has 2 aromatic rings. The first-order valence-electron chi connectivity index (χ1n) is 11.0. The van der Waals surface area contributed by atoms with E-state index in [4.69, 9.17) is 4.74 Å². The molecule has 1 amide bonds. The number of carboxylic acids is 1. The SMILES string of the molecule is COC(=O)c1c(-c2ccc(C(C)(C)C)cc2)csc1NC(=O)[C@H]1[C@H]2CC[C@@H](C2)[C@@H]1C(=O)O. The molecular weight excluding hydrogens is 426 g/mol. The van der Waals surface area contributed by atoms with E-state index in [1.165, 1.54) is 24.0 Å². The molecule has 7 heteroatoms. The summed E-state index contributed by atoms with van der Waals surface area (Å²) < 4.78 is 5.01. The molecule has 2 N–H and O–H groups in total. The van der Waals surface area contributed by atoms with Crippen molar-refractivity contribution in [2.45, 2.75) is 45.4 Å². The van der Waals surface area contributed by atoms with E-state index in [2.05, 4.69) is 26.1 Å². The van der Waals surface area contributed by atoms with Crippen LogP contribution in [0.5, 0.6) is 0 Å². The second-order valence-electron chi connectivity index (χ2n) is 9.88. The maximum atomic E-state index is 13.2. The quantitative estimate of drug-likeness (QED) is 0.606. The number of aliphatic carboxylic acids is 1. The third-order valence-electron chi connectivity index (χ3n) is 6.98. The summed E-state index contributed by atoms with van der Waals surface area (Å²) in [7, 11) is 1.31. The average Bonchev–Trinajstić information content (AvgIpc) is 3.47. The molecule has 6 nitrogen and oxygen atoms in total. The van der Waals surface area contributed by atoms with E-state index in [1.807, 2.05) is 29.6 Å². The Morgan fingerprint density at radius 1 is 1.06 bits per heavy atom. The van der Waals surface area contributed by atoms with E-state index >= 15 is 0 Å². The monoisotopic (exact) mass is 455 g/mol. The van der Waals surface area contributed by atoms with Crippen molar-refractivity contribution in [2.75, 3.05) is 12.4 Å². The molecule has 2 fully saturated rings. The Morgan fingerprint density at radius 2 is 1.69 bits per heavy atom. The summed E-state index contributed by atoms with van der Waals surface area (Å²) in [5, 5.41) is 14.8. The molecule has 32 heavy (non-hydrogen) atoms. The van der Waals surface area contributed by atoms with Crippen LogP contribution in [-0.2, 0) is 19.7 Å². The molecule has 0 radical (unpaired) electrons. The Hall–Kier alpha value is -2.67. The number of fused-ring (bicyclic) bond motifs is 2. The molecule has 4 rings (SSSR count). The number of hydrogen-bond acceptors (Lipinski definition) is 5. The molecule has 0 saturated heterocycles. The Morgan fingerprint density at radius 3 is 2.25 bits per heavy atom. The van der Waals surface area contributed by atoms with Crippen LogP contribution in [0.4, 0.5) is 5.00 Å². The van der Waals surface area contributed by atoms with Crippen LogP contribution in [0.3, 0.4) is 0 Å². The highest BCUT2D eigenvalue weighted by molar-refractivity contribution is 7.15.